The zero-order chi connectivity index (χ0) is 14.9. The Morgan fingerprint density at radius 2 is 1.95 bits per heavy atom. The van der Waals surface area contributed by atoms with E-state index in [0.717, 1.165) is 32.5 Å². The van der Waals surface area contributed by atoms with Gasteiger partial charge in [0.05, 0.1) is 10.4 Å². The Balaban J connectivity index is 1.93. The molecule has 2 rings (SSSR count). The molecule has 114 valence electrons. The molecule has 1 aliphatic heterocycles. The molecule has 2 aliphatic rings. The molecule has 1 amide bonds. The van der Waals surface area contributed by atoms with Gasteiger partial charge in [-0.05, 0) is 57.7 Å². The Kier molecular flexibility index (Phi) is 4.69. The van der Waals surface area contributed by atoms with E-state index in [2.05, 4.69) is 18.9 Å². The summed E-state index contributed by atoms with van der Waals surface area (Å²) < 4.78 is 0. The van der Waals surface area contributed by atoms with Gasteiger partial charge >= 0.3 is 0 Å². The fourth-order valence-corrected chi connectivity index (χ4v) is 3.95. The van der Waals surface area contributed by atoms with Crippen LogP contribution in [0.4, 0.5) is 0 Å². The molecule has 20 heavy (non-hydrogen) atoms. The summed E-state index contributed by atoms with van der Waals surface area (Å²) in [6, 6.07) is 0. The third-order valence-electron chi connectivity index (χ3n) is 4.99. The van der Waals surface area contributed by atoms with E-state index in [1.807, 2.05) is 11.9 Å². The number of carbonyl (C=O) groups is 1. The van der Waals surface area contributed by atoms with E-state index in [9.17, 15) is 4.79 Å². The maximum absolute atomic E-state index is 12.7. The first-order valence-electron chi connectivity index (χ1n) is 7.59. The van der Waals surface area contributed by atoms with Crippen molar-refractivity contribution in [1.82, 2.24) is 9.80 Å². The summed E-state index contributed by atoms with van der Waals surface area (Å²) in [5.41, 5.74) is 5.32. The van der Waals surface area contributed by atoms with Crippen molar-refractivity contribution >= 4 is 23.1 Å². The minimum absolute atomic E-state index is 0.141. The fourth-order valence-electron chi connectivity index (χ4n) is 3.69. The van der Waals surface area contributed by atoms with Gasteiger partial charge in [0.25, 0.3) is 0 Å². The molecular formula is C15H27N3OS. The third-order valence-corrected chi connectivity index (χ3v) is 5.38. The van der Waals surface area contributed by atoms with Gasteiger partial charge in [0.15, 0.2) is 0 Å². The van der Waals surface area contributed by atoms with Crippen molar-refractivity contribution in [3.05, 3.63) is 0 Å². The first kappa shape index (κ1) is 15.7. The predicted octanol–water partition coefficient (Wildman–Crippen LogP) is 1.49. The second kappa shape index (κ2) is 5.98. The highest BCUT2D eigenvalue weighted by molar-refractivity contribution is 7.80. The van der Waals surface area contributed by atoms with Crippen LogP contribution in [0.5, 0.6) is 0 Å². The van der Waals surface area contributed by atoms with Crippen LogP contribution in [-0.2, 0) is 4.79 Å². The third kappa shape index (κ3) is 2.98. The number of thiocarbonyl (C=S) groups is 1. The summed E-state index contributed by atoms with van der Waals surface area (Å²) in [7, 11) is 4.06. The second-order valence-electron chi connectivity index (χ2n) is 6.89. The molecule has 0 unspecified atom stereocenters. The number of nitrogens with two attached hydrogens (primary N) is 1. The van der Waals surface area contributed by atoms with Crippen molar-refractivity contribution in [2.75, 3.05) is 33.7 Å². The quantitative estimate of drug-likeness (QED) is 0.799. The Hall–Kier alpha value is -0.680. The number of nitrogens with zero attached hydrogens (tertiary/aromatic N) is 2. The normalized spacial score (nSPS) is 31.6. The van der Waals surface area contributed by atoms with Crippen molar-refractivity contribution in [3.8, 4) is 0 Å². The number of rotatable bonds is 4. The molecule has 1 saturated heterocycles. The summed E-state index contributed by atoms with van der Waals surface area (Å²) in [6.07, 6.45) is 3.98. The van der Waals surface area contributed by atoms with E-state index in [4.69, 9.17) is 18.0 Å². The molecule has 0 spiro atoms. The van der Waals surface area contributed by atoms with Gasteiger partial charge in [-0.3, -0.25) is 4.79 Å². The van der Waals surface area contributed by atoms with Crippen LogP contribution in [0, 0.1) is 17.3 Å². The molecule has 0 atom stereocenters. The van der Waals surface area contributed by atoms with Crippen molar-refractivity contribution in [1.29, 1.82) is 0 Å². The van der Waals surface area contributed by atoms with E-state index in [1.165, 1.54) is 12.8 Å². The Labute approximate surface area is 127 Å². The van der Waals surface area contributed by atoms with Crippen molar-refractivity contribution in [2.24, 2.45) is 23.0 Å². The number of hydrogen-bond acceptors (Lipinski definition) is 3. The van der Waals surface area contributed by atoms with Crippen LogP contribution in [0.2, 0.25) is 0 Å². The highest BCUT2D eigenvalue weighted by Crippen LogP contribution is 2.47. The number of carbonyl (C=O) groups excluding carboxylic acids is 1. The average molecular weight is 297 g/mol. The molecule has 0 aromatic rings. The van der Waals surface area contributed by atoms with Gasteiger partial charge < -0.3 is 15.5 Å². The van der Waals surface area contributed by atoms with Crippen molar-refractivity contribution in [3.63, 3.8) is 0 Å². The van der Waals surface area contributed by atoms with Gasteiger partial charge in [-0.15, -0.1) is 0 Å². The van der Waals surface area contributed by atoms with Crippen LogP contribution < -0.4 is 5.73 Å². The maximum Gasteiger partial charge on any atom is 0.235 e. The lowest BCUT2D eigenvalue weighted by Gasteiger charge is -2.46. The minimum atomic E-state index is -0.547. The molecule has 5 heteroatoms. The standard InChI is InChI=1S/C15H27N3OS/c1-11-8-15(9-11,13(16)20)14(19)18(3)10-12-4-6-17(2)7-5-12/h11-12H,4-10H2,1-3H3,(H2,16,20). The number of piperidine rings is 1. The van der Waals surface area contributed by atoms with Crippen LogP contribution >= 0.6 is 12.2 Å². The van der Waals surface area contributed by atoms with Crippen LogP contribution in [0.1, 0.15) is 32.6 Å². The summed E-state index contributed by atoms with van der Waals surface area (Å²) >= 11 is 5.17. The van der Waals surface area contributed by atoms with E-state index in [1.54, 1.807) is 0 Å². The molecule has 0 aromatic heterocycles. The first-order chi connectivity index (χ1) is 9.35. The zero-order valence-corrected chi connectivity index (χ0v) is 13.7. The van der Waals surface area contributed by atoms with Crippen LogP contribution in [-0.4, -0.2) is 54.4 Å². The summed E-state index contributed by atoms with van der Waals surface area (Å²) in [6.45, 7) is 5.25. The topological polar surface area (TPSA) is 49.6 Å². The van der Waals surface area contributed by atoms with E-state index < -0.39 is 5.41 Å². The Morgan fingerprint density at radius 1 is 1.40 bits per heavy atom. The lowest BCUT2D eigenvalue weighted by Crippen LogP contribution is -2.57. The van der Waals surface area contributed by atoms with Crippen molar-refractivity contribution in [2.45, 2.75) is 32.6 Å². The molecule has 0 bridgehead atoms. The average Bonchev–Trinajstić information content (AvgIpc) is 2.36. The van der Waals surface area contributed by atoms with E-state index >= 15 is 0 Å². The summed E-state index contributed by atoms with van der Waals surface area (Å²) in [4.78, 5) is 17.3. The molecule has 0 aromatic carbocycles. The molecule has 1 saturated carbocycles. The van der Waals surface area contributed by atoms with E-state index in [0.29, 0.717) is 16.8 Å². The lowest BCUT2D eigenvalue weighted by molar-refractivity contribution is -0.143. The monoisotopic (exact) mass is 297 g/mol. The Morgan fingerprint density at radius 3 is 2.40 bits per heavy atom. The molecule has 2 N–H and O–H groups in total. The first-order valence-corrected chi connectivity index (χ1v) is 8.00. The lowest BCUT2D eigenvalue weighted by atomic mass is 9.61. The van der Waals surface area contributed by atoms with Gasteiger partial charge in [-0.2, -0.15) is 0 Å². The number of likely N-dealkylation sites (tertiary alicyclic amines) is 1. The highest BCUT2D eigenvalue weighted by Gasteiger charge is 2.52. The number of hydrogen-bond donors (Lipinski definition) is 1. The van der Waals surface area contributed by atoms with Gasteiger partial charge in [0.1, 0.15) is 0 Å². The summed E-state index contributed by atoms with van der Waals surface area (Å²) in [5, 5.41) is 0. The predicted molar refractivity (Wildman–Crippen MR) is 85.5 cm³/mol. The molecule has 1 heterocycles. The fraction of sp³-hybridized carbons (Fsp3) is 0.867. The largest absolute Gasteiger partial charge is 0.392 e. The van der Waals surface area contributed by atoms with Crippen molar-refractivity contribution < 1.29 is 4.79 Å². The van der Waals surface area contributed by atoms with Gasteiger partial charge in [-0.1, -0.05) is 19.1 Å². The zero-order valence-electron chi connectivity index (χ0n) is 12.9. The summed E-state index contributed by atoms with van der Waals surface area (Å²) in [5.74, 6) is 1.31. The van der Waals surface area contributed by atoms with Gasteiger partial charge in [-0.25, -0.2) is 0 Å². The second-order valence-corrected chi connectivity index (χ2v) is 7.33. The minimum Gasteiger partial charge on any atom is -0.392 e. The van der Waals surface area contributed by atoms with Crippen LogP contribution in [0.3, 0.4) is 0 Å². The van der Waals surface area contributed by atoms with Crippen LogP contribution in [0.25, 0.3) is 0 Å². The van der Waals surface area contributed by atoms with E-state index in [-0.39, 0.29) is 5.91 Å². The molecule has 2 fully saturated rings. The molecule has 4 nitrogen and oxygen atoms in total. The SMILES string of the molecule is CC1CC(C(=O)N(C)CC2CCN(C)CC2)(C(N)=S)C1. The maximum atomic E-state index is 12.7. The number of amides is 1. The highest BCUT2D eigenvalue weighted by atomic mass is 32.1. The van der Waals surface area contributed by atoms with Crippen LogP contribution in [0.15, 0.2) is 0 Å². The smallest absolute Gasteiger partial charge is 0.235 e. The molecular weight excluding hydrogens is 270 g/mol. The molecule has 1 aliphatic carbocycles. The van der Waals surface area contributed by atoms with Gasteiger partial charge in [0, 0.05) is 13.6 Å². The van der Waals surface area contributed by atoms with Gasteiger partial charge in [0.2, 0.25) is 5.91 Å². The molecule has 0 radical (unpaired) electrons. The Bertz CT molecular complexity index is 385.